The number of aryl methyl sites for hydroxylation is 1. The standard InChI is InChI=1S/C22H26N4O2/c1-16-14-25(15-21(28-16)18-8-4-3-5-9-18)22(27)23-12-13-26-17(2)24-19-10-6-7-11-20(19)26/h3-11,16,21H,12-15H2,1-2H3,(H,23,27). The molecule has 0 spiro atoms. The van der Waals surface area contributed by atoms with Gasteiger partial charge >= 0.3 is 6.03 Å². The summed E-state index contributed by atoms with van der Waals surface area (Å²) in [6.07, 6.45) is -0.0833. The number of ether oxygens (including phenoxy) is 1. The number of imidazole rings is 1. The van der Waals surface area contributed by atoms with Crippen LogP contribution in [0, 0.1) is 6.92 Å². The maximum absolute atomic E-state index is 12.7. The van der Waals surface area contributed by atoms with Crippen LogP contribution in [0.4, 0.5) is 4.79 Å². The highest BCUT2D eigenvalue weighted by Gasteiger charge is 2.29. The average Bonchev–Trinajstić information content (AvgIpc) is 3.03. The fourth-order valence-corrected chi connectivity index (χ4v) is 3.83. The van der Waals surface area contributed by atoms with E-state index in [1.165, 1.54) is 0 Å². The van der Waals surface area contributed by atoms with Gasteiger partial charge < -0.3 is 19.5 Å². The molecule has 0 saturated carbocycles. The third-order valence-corrected chi connectivity index (χ3v) is 5.18. The van der Waals surface area contributed by atoms with E-state index in [-0.39, 0.29) is 18.2 Å². The van der Waals surface area contributed by atoms with Gasteiger partial charge in [0, 0.05) is 19.6 Å². The molecule has 1 N–H and O–H groups in total. The number of amides is 2. The van der Waals surface area contributed by atoms with Crippen molar-refractivity contribution in [2.45, 2.75) is 32.6 Å². The Bertz CT molecular complexity index is 954. The van der Waals surface area contributed by atoms with Crippen molar-refractivity contribution in [3.63, 3.8) is 0 Å². The zero-order valence-electron chi connectivity index (χ0n) is 16.3. The molecular formula is C22H26N4O2. The van der Waals surface area contributed by atoms with Crippen molar-refractivity contribution < 1.29 is 9.53 Å². The van der Waals surface area contributed by atoms with Crippen molar-refractivity contribution in [2.75, 3.05) is 19.6 Å². The van der Waals surface area contributed by atoms with Crippen LogP contribution < -0.4 is 5.32 Å². The second-order valence-corrected chi connectivity index (χ2v) is 7.28. The first-order chi connectivity index (χ1) is 13.6. The molecule has 6 heteroatoms. The minimum atomic E-state index is -0.0875. The zero-order valence-corrected chi connectivity index (χ0v) is 16.3. The number of morpholine rings is 1. The molecule has 0 bridgehead atoms. The maximum Gasteiger partial charge on any atom is 0.317 e. The minimum Gasteiger partial charge on any atom is -0.367 e. The summed E-state index contributed by atoms with van der Waals surface area (Å²) in [4.78, 5) is 19.2. The molecule has 28 heavy (non-hydrogen) atoms. The minimum absolute atomic E-state index is 0.00421. The van der Waals surface area contributed by atoms with E-state index in [1.807, 2.05) is 67.3 Å². The second kappa shape index (κ2) is 8.02. The maximum atomic E-state index is 12.7. The highest BCUT2D eigenvalue weighted by molar-refractivity contribution is 5.76. The number of urea groups is 1. The van der Waals surface area contributed by atoms with Crippen molar-refractivity contribution in [3.8, 4) is 0 Å². The highest BCUT2D eigenvalue weighted by Crippen LogP contribution is 2.25. The summed E-state index contributed by atoms with van der Waals surface area (Å²) in [6, 6.07) is 18.1. The molecular weight excluding hydrogens is 352 g/mol. The predicted octanol–water partition coefficient (Wildman–Crippen LogP) is 3.52. The van der Waals surface area contributed by atoms with Crippen LogP contribution in [0.3, 0.4) is 0 Å². The van der Waals surface area contributed by atoms with E-state index in [1.54, 1.807) is 0 Å². The van der Waals surface area contributed by atoms with Crippen LogP contribution in [-0.2, 0) is 11.3 Å². The molecule has 2 amide bonds. The van der Waals surface area contributed by atoms with Gasteiger partial charge in [0.1, 0.15) is 11.9 Å². The Balaban J connectivity index is 1.37. The van der Waals surface area contributed by atoms with Gasteiger partial charge in [-0.2, -0.15) is 0 Å². The zero-order chi connectivity index (χ0) is 19.5. The molecule has 2 aromatic carbocycles. The third-order valence-electron chi connectivity index (χ3n) is 5.18. The summed E-state index contributed by atoms with van der Waals surface area (Å²) in [7, 11) is 0. The first-order valence-corrected chi connectivity index (χ1v) is 9.77. The molecule has 6 nitrogen and oxygen atoms in total. The Hall–Kier alpha value is -2.86. The van der Waals surface area contributed by atoms with E-state index in [2.05, 4.69) is 20.9 Å². The van der Waals surface area contributed by atoms with Gasteiger partial charge in [0.05, 0.1) is 23.7 Å². The smallest absolute Gasteiger partial charge is 0.317 e. The SMILES string of the molecule is Cc1nc2ccccc2n1CCNC(=O)N1CC(C)OC(c2ccccc2)C1. The van der Waals surface area contributed by atoms with Crippen LogP contribution >= 0.6 is 0 Å². The summed E-state index contributed by atoms with van der Waals surface area (Å²) >= 11 is 0. The van der Waals surface area contributed by atoms with E-state index in [0.717, 1.165) is 22.4 Å². The van der Waals surface area contributed by atoms with Crippen LogP contribution in [0.5, 0.6) is 0 Å². The van der Waals surface area contributed by atoms with Crippen molar-refractivity contribution in [2.24, 2.45) is 0 Å². The summed E-state index contributed by atoms with van der Waals surface area (Å²) in [5.41, 5.74) is 3.18. The van der Waals surface area contributed by atoms with Gasteiger partial charge in [-0.15, -0.1) is 0 Å². The summed E-state index contributed by atoms with van der Waals surface area (Å²) in [5.74, 6) is 0.958. The van der Waals surface area contributed by atoms with Crippen LogP contribution in [-0.4, -0.2) is 46.2 Å². The molecule has 2 unspecified atom stereocenters. The van der Waals surface area contributed by atoms with Crippen LogP contribution in [0.1, 0.15) is 24.4 Å². The molecule has 2 atom stereocenters. The molecule has 4 rings (SSSR count). The number of fused-ring (bicyclic) bond motifs is 1. The molecule has 3 aromatic rings. The molecule has 2 heterocycles. The lowest BCUT2D eigenvalue weighted by atomic mass is 10.1. The largest absolute Gasteiger partial charge is 0.367 e. The molecule has 0 radical (unpaired) electrons. The molecule has 1 aliphatic heterocycles. The van der Waals surface area contributed by atoms with Crippen molar-refractivity contribution >= 4 is 17.1 Å². The van der Waals surface area contributed by atoms with Gasteiger partial charge in [0.2, 0.25) is 0 Å². The Morgan fingerprint density at radius 2 is 1.89 bits per heavy atom. The Morgan fingerprint density at radius 1 is 1.14 bits per heavy atom. The lowest BCUT2D eigenvalue weighted by Gasteiger charge is -2.37. The second-order valence-electron chi connectivity index (χ2n) is 7.28. The topological polar surface area (TPSA) is 59.4 Å². The molecule has 1 fully saturated rings. The average molecular weight is 378 g/mol. The number of para-hydroxylation sites is 2. The summed E-state index contributed by atoms with van der Waals surface area (Å²) < 4.78 is 8.19. The van der Waals surface area contributed by atoms with Crippen LogP contribution in [0.2, 0.25) is 0 Å². The Morgan fingerprint density at radius 3 is 2.71 bits per heavy atom. The molecule has 146 valence electrons. The van der Waals surface area contributed by atoms with E-state index in [0.29, 0.717) is 26.2 Å². The number of carbonyl (C=O) groups excluding carboxylic acids is 1. The predicted molar refractivity (Wildman–Crippen MR) is 109 cm³/mol. The number of rotatable bonds is 4. The number of nitrogens with zero attached hydrogens (tertiary/aromatic N) is 3. The van der Waals surface area contributed by atoms with Crippen molar-refractivity contribution in [1.82, 2.24) is 19.8 Å². The first kappa shape index (κ1) is 18.5. The van der Waals surface area contributed by atoms with E-state index in [4.69, 9.17) is 4.74 Å². The molecule has 1 aliphatic rings. The summed E-state index contributed by atoms with van der Waals surface area (Å²) in [6.45, 7) is 6.42. The number of benzene rings is 2. The molecule has 0 aliphatic carbocycles. The number of hydrogen-bond acceptors (Lipinski definition) is 3. The lowest BCUT2D eigenvalue weighted by molar-refractivity contribution is -0.0656. The fourth-order valence-electron chi connectivity index (χ4n) is 3.83. The number of carbonyl (C=O) groups is 1. The molecule has 1 saturated heterocycles. The normalized spacial score (nSPS) is 19.7. The monoisotopic (exact) mass is 378 g/mol. The Labute approximate surface area is 165 Å². The number of nitrogens with one attached hydrogen (secondary N) is 1. The van der Waals surface area contributed by atoms with E-state index >= 15 is 0 Å². The molecule has 1 aromatic heterocycles. The lowest BCUT2D eigenvalue weighted by Crippen LogP contribution is -2.50. The first-order valence-electron chi connectivity index (χ1n) is 9.77. The van der Waals surface area contributed by atoms with Gasteiger partial charge in [-0.25, -0.2) is 9.78 Å². The van der Waals surface area contributed by atoms with Gasteiger partial charge in [0.25, 0.3) is 0 Å². The Kier molecular flexibility index (Phi) is 5.30. The van der Waals surface area contributed by atoms with E-state index < -0.39 is 0 Å². The van der Waals surface area contributed by atoms with Crippen molar-refractivity contribution in [3.05, 3.63) is 66.0 Å². The quantitative estimate of drug-likeness (QED) is 0.756. The van der Waals surface area contributed by atoms with Gasteiger partial charge in [-0.3, -0.25) is 0 Å². The van der Waals surface area contributed by atoms with Crippen LogP contribution in [0.15, 0.2) is 54.6 Å². The third kappa shape index (κ3) is 3.87. The van der Waals surface area contributed by atoms with E-state index in [9.17, 15) is 4.79 Å². The van der Waals surface area contributed by atoms with Crippen LogP contribution in [0.25, 0.3) is 11.0 Å². The van der Waals surface area contributed by atoms with Gasteiger partial charge in [-0.05, 0) is 31.5 Å². The fraction of sp³-hybridized carbons (Fsp3) is 0.364. The number of hydrogen-bond donors (Lipinski definition) is 1. The van der Waals surface area contributed by atoms with Gasteiger partial charge in [-0.1, -0.05) is 42.5 Å². The number of aromatic nitrogens is 2. The highest BCUT2D eigenvalue weighted by atomic mass is 16.5. The van der Waals surface area contributed by atoms with Gasteiger partial charge in [0.15, 0.2) is 0 Å². The van der Waals surface area contributed by atoms with Crippen molar-refractivity contribution in [1.29, 1.82) is 0 Å². The summed E-state index contributed by atoms with van der Waals surface area (Å²) in [5, 5.41) is 3.06.